The summed E-state index contributed by atoms with van der Waals surface area (Å²) < 4.78 is 24.8. The van der Waals surface area contributed by atoms with Gasteiger partial charge in [-0.1, -0.05) is 11.8 Å². The summed E-state index contributed by atoms with van der Waals surface area (Å²) in [6, 6.07) is 4.83. The van der Waals surface area contributed by atoms with Gasteiger partial charge in [0.15, 0.2) is 0 Å². The minimum absolute atomic E-state index is 0.268. The fraction of sp³-hybridized carbons (Fsp3) is 0.429. The lowest BCUT2D eigenvalue weighted by atomic mass is 10.1. The zero-order valence-electron chi connectivity index (χ0n) is 10.7. The van der Waals surface area contributed by atoms with E-state index in [1.165, 1.54) is 12.1 Å². The molecule has 0 saturated carbocycles. The van der Waals surface area contributed by atoms with Crippen LogP contribution in [0.4, 0.5) is 4.39 Å². The third-order valence-electron chi connectivity index (χ3n) is 2.97. The summed E-state index contributed by atoms with van der Waals surface area (Å²) in [5.74, 6) is 6.70. The van der Waals surface area contributed by atoms with E-state index in [4.69, 9.17) is 5.73 Å². The molecule has 0 bridgehead atoms. The number of halogens is 1. The van der Waals surface area contributed by atoms with Crippen LogP contribution >= 0.6 is 0 Å². The van der Waals surface area contributed by atoms with Gasteiger partial charge in [0.25, 0.3) is 0 Å². The van der Waals surface area contributed by atoms with Crippen molar-refractivity contribution in [1.29, 1.82) is 0 Å². The lowest BCUT2D eigenvalue weighted by Gasteiger charge is -2.26. The molecule has 0 atom stereocenters. The molecule has 0 aromatic heterocycles. The molecule has 1 aromatic carbocycles. The Balaban J connectivity index is 2.07. The van der Waals surface area contributed by atoms with Gasteiger partial charge in [0.05, 0.1) is 6.54 Å². The molecule has 1 aromatic rings. The molecule has 2 N–H and O–H groups in total. The molecular weight excluding hydrogens is 263 g/mol. The summed E-state index contributed by atoms with van der Waals surface area (Å²) in [4.78, 5) is 2.19. The molecule has 102 valence electrons. The molecule has 0 unspecified atom stereocenters. The first-order valence-electron chi connectivity index (χ1n) is 6.23. The van der Waals surface area contributed by atoms with E-state index >= 15 is 0 Å². The maximum Gasteiger partial charge on any atom is 0.124 e. The number of hydrogen-bond donors (Lipinski definition) is 1. The van der Waals surface area contributed by atoms with Gasteiger partial charge in [0.1, 0.15) is 5.82 Å². The van der Waals surface area contributed by atoms with Gasteiger partial charge < -0.3 is 5.73 Å². The number of nitrogens with zero attached hydrogens (tertiary/aromatic N) is 1. The van der Waals surface area contributed by atoms with Crippen LogP contribution in [0.3, 0.4) is 0 Å². The third-order valence-corrected chi connectivity index (χ3v) is 4.24. The highest BCUT2D eigenvalue weighted by molar-refractivity contribution is 7.85. The van der Waals surface area contributed by atoms with Crippen LogP contribution < -0.4 is 5.73 Å². The highest BCUT2D eigenvalue weighted by atomic mass is 32.2. The number of rotatable bonds is 2. The van der Waals surface area contributed by atoms with Gasteiger partial charge in [0.2, 0.25) is 0 Å². The Morgan fingerprint density at radius 2 is 2.05 bits per heavy atom. The van der Waals surface area contributed by atoms with Crippen LogP contribution in [0.2, 0.25) is 0 Å². The molecule has 3 nitrogen and oxygen atoms in total. The van der Waals surface area contributed by atoms with Crippen molar-refractivity contribution < 1.29 is 8.60 Å². The van der Waals surface area contributed by atoms with E-state index in [2.05, 4.69) is 16.7 Å². The van der Waals surface area contributed by atoms with Gasteiger partial charge in [0, 0.05) is 47.5 Å². The maximum atomic E-state index is 13.5. The van der Waals surface area contributed by atoms with E-state index < -0.39 is 10.8 Å². The molecule has 5 heteroatoms. The van der Waals surface area contributed by atoms with Crippen molar-refractivity contribution in [3.63, 3.8) is 0 Å². The maximum absolute atomic E-state index is 13.5. The van der Waals surface area contributed by atoms with E-state index in [-0.39, 0.29) is 12.4 Å². The molecule has 19 heavy (non-hydrogen) atoms. The Bertz CT molecular complexity index is 526. The highest BCUT2D eigenvalue weighted by Gasteiger charge is 2.15. The molecule has 0 radical (unpaired) electrons. The van der Waals surface area contributed by atoms with Gasteiger partial charge >= 0.3 is 0 Å². The third kappa shape index (κ3) is 4.43. The van der Waals surface area contributed by atoms with Crippen molar-refractivity contribution in [3.8, 4) is 11.8 Å². The Kier molecular flexibility index (Phi) is 5.08. The number of hydrogen-bond acceptors (Lipinski definition) is 3. The number of nitrogens with two attached hydrogens (primary N) is 1. The quantitative estimate of drug-likeness (QED) is 0.811. The highest BCUT2D eigenvalue weighted by Crippen LogP contribution is 2.12. The van der Waals surface area contributed by atoms with Crippen LogP contribution in [-0.2, 0) is 17.3 Å². The Labute approximate surface area is 115 Å². The first-order valence-corrected chi connectivity index (χ1v) is 7.72. The second-order valence-electron chi connectivity index (χ2n) is 4.48. The molecule has 1 aliphatic heterocycles. The molecule has 1 heterocycles. The lowest BCUT2D eigenvalue weighted by Crippen LogP contribution is -2.37. The van der Waals surface area contributed by atoms with Crippen molar-refractivity contribution in [2.75, 3.05) is 31.1 Å². The molecular formula is C14H17FN2OS. The molecule has 0 amide bonds. The molecule has 1 aliphatic rings. The zero-order valence-corrected chi connectivity index (χ0v) is 11.5. The molecule has 1 saturated heterocycles. The predicted octanol–water partition coefficient (Wildman–Crippen LogP) is 0.700. The normalized spacial score (nSPS) is 16.9. The fourth-order valence-electron chi connectivity index (χ4n) is 2.06. The Hall–Kier alpha value is -1.22. The minimum Gasteiger partial charge on any atom is -0.320 e. The van der Waals surface area contributed by atoms with Crippen LogP contribution in [0.5, 0.6) is 0 Å². The van der Waals surface area contributed by atoms with Gasteiger partial charge in [-0.15, -0.1) is 0 Å². The first kappa shape index (κ1) is 14.2. The largest absolute Gasteiger partial charge is 0.320 e. The van der Waals surface area contributed by atoms with Crippen molar-refractivity contribution in [2.24, 2.45) is 5.73 Å². The lowest BCUT2D eigenvalue weighted by molar-refractivity contribution is 0.291. The van der Waals surface area contributed by atoms with Crippen LogP contribution in [-0.4, -0.2) is 40.2 Å². The standard InChI is InChI=1S/C14H17FN2OS/c15-14-9-12(2-1-3-16)8-13(10-14)11-17-4-6-19(18)7-5-17/h8-10H,3-7,11,16H2. The Morgan fingerprint density at radius 3 is 2.74 bits per heavy atom. The zero-order chi connectivity index (χ0) is 13.7. The van der Waals surface area contributed by atoms with Crippen molar-refractivity contribution in [3.05, 3.63) is 35.1 Å². The van der Waals surface area contributed by atoms with Gasteiger partial charge in [-0.3, -0.25) is 9.11 Å². The molecule has 2 rings (SSSR count). The van der Waals surface area contributed by atoms with Crippen molar-refractivity contribution in [1.82, 2.24) is 4.90 Å². The summed E-state index contributed by atoms with van der Waals surface area (Å²) in [5, 5.41) is 0. The van der Waals surface area contributed by atoms with Crippen LogP contribution in [0.1, 0.15) is 11.1 Å². The van der Waals surface area contributed by atoms with Gasteiger partial charge in [-0.2, -0.15) is 0 Å². The number of benzene rings is 1. The second-order valence-corrected chi connectivity index (χ2v) is 6.17. The first-order chi connectivity index (χ1) is 9.17. The molecule has 0 aliphatic carbocycles. The van der Waals surface area contributed by atoms with Crippen LogP contribution in [0.25, 0.3) is 0 Å². The summed E-state index contributed by atoms with van der Waals surface area (Å²) in [6.45, 7) is 2.54. The second kappa shape index (κ2) is 6.80. The van der Waals surface area contributed by atoms with E-state index in [0.29, 0.717) is 23.6 Å². The van der Waals surface area contributed by atoms with Crippen molar-refractivity contribution >= 4 is 10.8 Å². The monoisotopic (exact) mass is 280 g/mol. The predicted molar refractivity (Wildman–Crippen MR) is 75.5 cm³/mol. The van der Waals surface area contributed by atoms with E-state index in [0.717, 1.165) is 18.7 Å². The summed E-state index contributed by atoms with van der Waals surface area (Å²) in [5.41, 5.74) is 6.86. The fourth-order valence-corrected chi connectivity index (χ4v) is 3.19. The molecule has 0 spiro atoms. The van der Waals surface area contributed by atoms with Crippen LogP contribution in [0, 0.1) is 17.7 Å². The summed E-state index contributed by atoms with van der Waals surface area (Å²) in [7, 11) is -0.684. The minimum atomic E-state index is -0.684. The SMILES string of the molecule is NCC#Cc1cc(F)cc(CN2CCS(=O)CC2)c1. The topological polar surface area (TPSA) is 46.3 Å². The van der Waals surface area contributed by atoms with Crippen molar-refractivity contribution in [2.45, 2.75) is 6.54 Å². The summed E-state index contributed by atoms with van der Waals surface area (Å²) in [6.07, 6.45) is 0. The van der Waals surface area contributed by atoms with Gasteiger partial charge in [-0.05, 0) is 23.8 Å². The van der Waals surface area contributed by atoms with E-state index in [1.54, 1.807) is 0 Å². The van der Waals surface area contributed by atoms with E-state index in [9.17, 15) is 8.60 Å². The smallest absolute Gasteiger partial charge is 0.124 e. The van der Waals surface area contributed by atoms with E-state index in [1.807, 2.05) is 6.07 Å². The Morgan fingerprint density at radius 1 is 1.32 bits per heavy atom. The van der Waals surface area contributed by atoms with Crippen LogP contribution in [0.15, 0.2) is 18.2 Å². The molecule has 1 fully saturated rings. The average molecular weight is 280 g/mol. The summed E-state index contributed by atoms with van der Waals surface area (Å²) >= 11 is 0. The average Bonchev–Trinajstić information content (AvgIpc) is 2.38. The van der Waals surface area contributed by atoms with Gasteiger partial charge in [-0.25, -0.2) is 4.39 Å².